The lowest BCUT2D eigenvalue weighted by Crippen LogP contribution is -2.06. The first-order chi connectivity index (χ1) is 13.9. The van der Waals surface area contributed by atoms with Crippen LogP contribution in [-0.2, 0) is 19.3 Å². The lowest BCUT2D eigenvalue weighted by molar-refractivity contribution is -0.137. The highest BCUT2D eigenvalue weighted by atomic mass is 19.4. The van der Waals surface area contributed by atoms with Crippen LogP contribution in [0.4, 0.5) is 19.0 Å². The van der Waals surface area contributed by atoms with Gasteiger partial charge in [-0.25, -0.2) is 0 Å². The molecule has 1 aromatic heterocycles. The molecule has 0 amide bonds. The Balaban J connectivity index is 1.57. The van der Waals surface area contributed by atoms with E-state index in [9.17, 15) is 13.2 Å². The molecular weight excluding hydrogens is 375 g/mol. The number of aryl methyl sites for hydroxylation is 1. The van der Waals surface area contributed by atoms with Crippen LogP contribution in [0.2, 0.25) is 0 Å². The van der Waals surface area contributed by atoms with Gasteiger partial charge in [0.25, 0.3) is 0 Å². The number of nitrogens with zero attached hydrogens (tertiary/aromatic N) is 2. The summed E-state index contributed by atoms with van der Waals surface area (Å²) in [6.45, 7) is 3.08. The smallest absolute Gasteiger partial charge is 0.364 e. The standard InChI is InChI=1S/C23H20F3N3/c1-16-6-8-17(9-7-16)14-27-22-20-4-2-3-5-21(20)29(28-22)15-18-10-12-19(13-11-18)23(24,25)26/h2-13H,14-15H2,1H3,(H,27,28). The van der Waals surface area contributed by atoms with Gasteiger partial charge in [0.2, 0.25) is 0 Å². The van der Waals surface area contributed by atoms with Gasteiger partial charge in [-0.3, -0.25) is 4.68 Å². The summed E-state index contributed by atoms with van der Waals surface area (Å²) in [5.74, 6) is 0.757. The third kappa shape index (κ3) is 4.26. The number of aromatic nitrogens is 2. The number of rotatable bonds is 5. The largest absolute Gasteiger partial charge is 0.416 e. The van der Waals surface area contributed by atoms with Crippen molar-refractivity contribution in [3.63, 3.8) is 0 Å². The van der Waals surface area contributed by atoms with E-state index in [0.717, 1.165) is 40.0 Å². The zero-order chi connectivity index (χ0) is 20.4. The molecule has 1 N–H and O–H groups in total. The molecule has 0 fully saturated rings. The molecule has 29 heavy (non-hydrogen) atoms. The average Bonchev–Trinajstić information content (AvgIpc) is 3.05. The van der Waals surface area contributed by atoms with E-state index >= 15 is 0 Å². The summed E-state index contributed by atoms with van der Waals surface area (Å²) in [6, 6.07) is 21.3. The van der Waals surface area contributed by atoms with Crippen LogP contribution in [0.25, 0.3) is 10.9 Å². The van der Waals surface area contributed by atoms with E-state index in [0.29, 0.717) is 13.1 Å². The van der Waals surface area contributed by atoms with Crippen LogP contribution < -0.4 is 5.32 Å². The number of halogens is 3. The van der Waals surface area contributed by atoms with Gasteiger partial charge in [-0.2, -0.15) is 18.3 Å². The van der Waals surface area contributed by atoms with Crippen LogP contribution in [0, 0.1) is 6.92 Å². The quantitative estimate of drug-likeness (QED) is 0.448. The second kappa shape index (κ2) is 7.62. The lowest BCUT2D eigenvalue weighted by atomic mass is 10.1. The van der Waals surface area contributed by atoms with Crippen molar-refractivity contribution in [3.8, 4) is 0 Å². The summed E-state index contributed by atoms with van der Waals surface area (Å²) in [5, 5.41) is 9.03. The Morgan fingerprint density at radius 2 is 1.52 bits per heavy atom. The molecule has 0 atom stereocenters. The number of nitrogens with one attached hydrogen (secondary N) is 1. The number of hydrogen-bond acceptors (Lipinski definition) is 2. The van der Waals surface area contributed by atoms with E-state index in [1.807, 2.05) is 35.9 Å². The molecule has 0 saturated carbocycles. The van der Waals surface area contributed by atoms with Gasteiger partial charge in [0, 0.05) is 11.9 Å². The van der Waals surface area contributed by atoms with Crippen molar-refractivity contribution >= 4 is 16.7 Å². The summed E-state index contributed by atoms with van der Waals surface area (Å²) in [6.07, 6.45) is -4.33. The summed E-state index contributed by atoms with van der Waals surface area (Å²) in [7, 11) is 0. The molecule has 0 spiro atoms. The van der Waals surface area contributed by atoms with E-state index in [4.69, 9.17) is 0 Å². The Bertz CT molecular complexity index is 1110. The summed E-state index contributed by atoms with van der Waals surface area (Å²) in [4.78, 5) is 0. The van der Waals surface area contributed by atoms with Gasteiger partial charge in [0.15, 0.2) is 5.82 Å². The first-order valence-electron chi connectivity index (χ1n) is 9.31. The molecule has 0 radical (unpaired) electrons. The molecule has 0 unspecified atom stereocenters. The highest BCUT2D eigenvalue weighted by molar-refractivity contribution is 5.90. The average molecular weight is 395 g/mol. The Hall–Kier alpha value is -3.28. The fourth-order valence-corrected chi connectivity index (χ4v) is 3.24. The minimum absolute atomic E-state index is 0.394. The second-order valence-electron chi connectivity index (χ2n) is 7.06. The third-order valence-electron chi connectivity index (χ3n) is 4.85. The Morgan fingerprint density at radius 1 is 0.862 bits per heavy atom. The molecule has 0 aliphatic carbocycles. The molecular formula is C23H20F3N3. The number of alkyl halides is 3. The van der Waals surface area contributed by atoms with Crippen LogP contribution in [0.5, 0.6) is 0 Å². The number of para-hydroxylation sites is 1. The van der Waals surface area contributed by atoms with Crippen LogP contribution >= 0.6 is 0 Å². The molecule has 0 aliphatic rings. The molecule has 0 saturated heterocycles. The van der Waals surface area contributed by atoms with Crippen LogP contribution in [-0.4, -0.2) is 9.78 Å². The Morgan fingerprint density at radius 3 is 2.21 bits per heavy atom. The van der Waals surface area contributed by atoms with Gasteiger partial charge >= 0.3 is 6.18 Å². The Labute approximate surface area is 166 Å². The zero-order valence-corrected chi connectivity index (χ0v) is 15.9. The van der Waals surface area contributed by atoms with Crippen LogP contribution in [0.15, 0.2) is 72.8 Å². The first-order valence-corrected chi connectivity index (χ1v) is 9.31. The molecule has 3 nitrogen and oxygen atoms in total. The van der Waals surface area contributed by atoms with Crippen molar-refractivity contribution in [2.75, 3.05) is 5.32 Å². The number of hydrogen-bond donors (Lipinski definition) is 1. The Kier molecular flexibility index (Phi) is 5.01. The summed E-state index contributed by atoms with van der Waals surface area (Å²) < 4.78 is 40.2. The van der Waals surface area contributed by atoms with Crippen LogP contribution in [0.3, 0.4) is 0 Å². The van der Waals surface area contributed by atoms with Crippen molar-refractivity contribution in [1.82, 2.24) is 9.78 Å². The highest BCUT2D eigenvalue weighted by Gasteiger charge is 2.29. The molecule has 148 valence electrons. The second-order valence-corrected chi connectivity index (χ2v) is 7.06. The van der Waals surface area contributed by atoms with Gasteiger partial charge in [-0.15, -0.1) is 0 Å². The van der Waals surface area contributed by atoms with Gasteiger partial charge < -0.3 is 5.32 Å². The predicted molar refractivity (Wildman–Crippen MR) is 109 cm³/mol. The number of benzene rings is 3. The number of fused-ring (bicyclic) bond motifs is 1. The van der Waals surface area contributed by atoms with Gasteiger partial charge in [0.05, 0.1) is 17.6 Å². The van der Waals surface area contributed by atoms with Crippen molar-refractivity contribution < 1.29 is 13.2 Å². The third-order valence-corrected chi connectivity index (χ3v) is 4.85. The molecule has 3 aromatic carbocycles. The highest BCUT2D eigenvalue weighted by Crippen LogP contribution is 2.29. The lowest BCUT2D eigenvalue weighted by Gasteiger charge is -2.08. The topological polar surface area (TPSA) is 29.9 Å². The van der Waals surface area contributed by atoms with Crippen molar-refractivity contribution in [1.29, 1.82) is 0 Å². The summed E-state index contributed by atoms with van der Waals surface area (Å²) in [5.41, 5.74) is 3.40. The van der Waals surface area contributed by atoms with Crippen molar-refractivity contribution in [2.45, 2.75) is 26.2 Å². The van der Waals surface area contributed by atoms with E-state index in [-0.39, 0.29) is 0 Å². The SMILES string of the molecule is Cc1ccc(CNc2nn(Cc3ccc(C(F)(F)F)cc3)c3ccccc23)cc1. The van der Waals surface area contributed by atoms with Gasteiger partial charge in [-0.05, 0) is 42.3 Å². The number of anilines is 1. The van der Waals surface area contributed by atoms with E-state index < -0.39 is 11.7 Å². The van der Waals surface area contributed by atoms with E-state index in [1.165, 1.54) is 17.7 Å². The van der Waals surface area contributed by atoms with Gasteiger partial charge in [-0.1, -0.05) is 54.1 Å². The monoisotopic (exact) mass is 395 g/mol. The normalized spacial score (nSPS) is 11.7. The first kappa shape index (κ1) is 19.1. The van der Waals surface area contributed by atoms with E-state index in [1.54, 1.807) is 0 Å². The van der Waals surface area contributed by atoms with Crippen LogP contribution in [0.1, 0.15) is 22.3 Å². The summed E-state index contributed by atoms with van der Waals surface area (Å²) >= 11 is 0. The molecule has 0 aliphatic heterocycles. The minimum atomic E-state index is -4.33. The molecule has 4 rings (SSSR count). The molecule has 1 heterocycles. The van der Waals surface area contributed by atoms with Crippen molar-refractivity contribution in [2.24, 2.45) is 0 Å². The molecule has 0 bridgehead atoms. The maximum absolute atomic E-state index is 12.8. The molecule has 6 heteroatoms. The predicted octanol–water partition coefficient (Wildman–Crippen LogP) is 6.02. The fraction of sp³-hybridized carbons (Fsp3) is 0.174. The van der Waals surface area contributed by atoms with E-state index in [2.05, 4.69) is 34.7 Å². The van der Waals surface area contributed by atoms with Gasteiger partial charge in [0.1, 0.15) is 0 Å². The molecule has 4 aromatic rings. The van der Waals surface area contributed by atoms with Crippen molar-refractivity contribution in [3.05, 3.63) is 95.1 Å². The zero-order valence-electron chi connectivity index (χ0n) is 15.9. The maximum Gasteiger partial charge on any atom is 0.416 e. The maximum atomic E-state index is 12.8. The fourth-order valence-electron chi connectivity index (χ4n) is 3.24. The minimum Gasteiger partial charge on any atom is -0.364 e.